The number of carbonyl (C=O) groups excluding carboxylic acids is 1. The highest BCUT2D eigenvalue weighted by Gasteiger charge is 2.02. The quantitative estimate of drug-likeness (QED) is 0.564. The minimum absolute atomic E-state index is 0.0227. The first-order valence-corrected chi connectivity index (χ1v) is 5.94. The number of anilines is 1. The third kappa shape index (κ3) is 6.10. The first kappa shape index (κ1) is 14.3. The van der Waals surface area contributed by atoms with Crippen molar-refractivity contribution < 1.29 is 14.3 Å². The van der Waals surface area contributed by atoms with Gasteiger partial charge in [-0.05, 0) is 26.0 Å². The maximum Gasteiger partial charge on any atom is 0.258 e. The average Bonchev–Trinajstić information content (AvgIpc) is 2.32. The van der Waals surface area contributed by atoms with Gasteiger partial charge < -0.3 is 20.5 Å². The van der Waals surface area contributed by atoms with Crippen LogP contribution >= 0.6 is 0 Å². The minimum atomic E-state index is -0.176. The minimum Gasteiger partial charge on any atom is -0.484 e. The number of nitrogen functional groups attached to an aromatic ring is 1. The van der Waals surface area contributed by atoms with E-state index in [1.807, 2.05) is 13.8 Å². The zero-order valence-corrected chi connectivity index (χ0v) is 10.8. The van der Waals surface area contributed by atoms with Gasteiger partial charge in [0.1, 0.15) is 5.75 Å². The van der Waals surface area contributed by atoms with Gasteiger partial charge in [-0.15, -0.1) is 0 Å². The van der Waals surface area contributed by atoms with Crippen LogP contribution in [0.3, 0.4) is 0 Å². The largest absolute Gasteiger partial charge is 0.484 e. The lowest BCUT2D eigenvalue weighted by molar-refractivity contribution is -0.123. The van der Waals surface area contributed by atoms with Crippen molar-refractivity contribution >= 4 is 11.6 Å². The fourth-order valence-electron chi connectivity index (χ4n) is 1.29. The van der Waals surface area contributed by atoms with Gasteiger partial charge in [-0.3, -0.25) is 4.79 Å². The van der Waals surface area contributed by atoms with Gasteiger partial charge >= 0.3 is 0 Å². The zero-order chi connectivity index (χ0) is 13.4. The Labute approximate surface area is 107 Å². The number of nitrogens with two attached hydrogens (primary N) is 1. The molecule has 1 aromatic carbocycles. The Balaban J connectivity index is 2.17. The van der Waals surface area contributed by atoms with Crippen molar-refractivity contribution in [3.63, 3.8) is 0 Å². The summed E-state index contributed by atoms with van der Waals surface area (Å²) in [5.41, 5.74) is 6.20. The maximum atomic E-state index is 11.4. The number of hydrogen-bond donors (Lipinski definition) is 2. The van der Waals surface area contributed by atoms with Crippen molar-refractivity contribution in [3.8, 4) is 5.75 Å². The number of ether oxygens (including phenoxy) is 2. The Bertz CT molecular complexity index is 380. The van der Waals surface area contributed by atoms with E-state index < -0.39 is 0 Å². The Kier molecular flexibility index (Phi) is 6.00. The molecule has 1 aromatic rings. The standard InChI is InChI=1S/C13H20N2O3/c1-10(2)17-7-6-15-13(16)9-18-12-5-3-4-11(14)8-12/h3-5,8,10H,6-7,9,14H2,1-2H3,(H,15,16). The Morgan fingerprint density at radius 1 is 1.44 bits per heavy atom. The van der Waals surface area contributed by atoms with Crippen LogP contribution in [-0.2, 0) is 9.53 Å². The highest BCUT2D eigenvalue weighted by Crippen LogP contribution is 2.13. The van der Waals surface area contributed by atoms with Gasteiger partial charge in [0.25, 0.3) is 5.91 Å². The van der Waals surface area contributed by atoms with Crippen molar-refractivity contribution in [1.29, 1.82) is 0 Å². The SMILES string of the molecule is CC(C)OCCNC(=O)COc1cccc(N)c1. The third-order valence-corrected chi connectivity index (χ3v) is 2.10. The summed E-state index contributed by atoms with van der Waals surface area (Å²) in [7, 11) is 0. The molecule has 0 aliphatic heterocycles. The van der Waals surface area contributed by atoms with Gasteiger partial charge in [-0.25, -0.2) is 0 Å². The molecule has 0 atom stereocenters. The summed E-state index contributed by atoms with van der Waals surface area (Å²) in [6.45, 7) is 4.86. The van der Waals surface area contributed by atoms with Crippen molar-refractivity contribution in [2.45, 2.75) is 20.0 Å². The highest BCUT2D eigenvalue weighted by molar-refractivity contribution is 5.77. The second-order valence-corrected chi connectivity index (χ2v) is 4.13. The molecule has 0 saturated heterocycles. The molecule has 1 rings (SSSR count). The van der Waals surface area contributed by atoms with Crippen molar-refractivity contribution in [1.82, 2.24) is 5.32 Å². The summed E-state index contributed by atoms with van der Waals surface area (Å²) in [4.78, 5) is 11.4. The molecule has 0 bridgehead atoms. The molecule has 0 fully saturated rings. The van der Waals surface area contributed by atoms with E-state index in [4.69, 9.17) is 15.2 Å². The van der Waals surface area contributed by atoms with E-state index in [-0.39, 0.29) is 18.6 Å². The summed E-state index contributed by atoms with van der Waals surface area (Å²) < 4.78 is 10.6. The Morgan fingerprint density at radius 3 is 2.89 bits per heavy atom. The fraction of sp³-hybridized carbons (Fsp3) is 0.462. The molecule has 100 valence electrons. The number of rotatable bonds is 7. The molecule has 3 N–H and O–H groups in total. The molecule has 0 aromatic heterocycles. The summed E-state index contributed by atoms with van der Waals surface area (Å²) in [5, 5.41) is 2.70. The molecule has 5 nitrogen and oxygen atoms in total. The second kappa shape index (κ2) is 7.55. The highest BCUT2D eigenvalue weighted by atomic mass is 16.5. The van der Waals surface area contributed by atoms with Gasteiger partial charge in [0.15, 0.2) is 6.61 Å². The van der Waals surface area contributed by atoms with Crippen LogP contribution in [0.25, 0.3) is 0 Å². The van der Waals surface area contributed by atoms with Gasteiger partial charge in [-0.1, -0.05) is 6.07 Å². The summed E-state index contributed by atoms with van der Waals surface area (Å²) >= 11 is 0. The van der Waals surface area contributed by atoms with Crippen LogP contribution in [0.2, 0.25) is 0 Å². The average molecular weight is 252 g/mol. The first-order valence-electron chi connectivity index (χ1n) is 5.94. The van der Waals surface area contributed by atoms with Crippen molar-refractivity contribution in [2.75, 3.05) is 25.5 Å². The van der Waals surface area contributed by atoms with E-state index in [9.17, 15) is 4.79 Å². The summed E-state index contributed by atoms with van der Waals surface area (Å²) in [5.74, 6) is 0.411. The smallest absolute Gasteiger partial charge is 0.258 e. The van der Waals surface area contributed by atoms with Crippen LogP contribution in [0.1, 0.15) is 13.8 Å². The predicted octanol–water partition coefficient (Wildman–Crippen LogP) is 1.19. The van der Waals surface area contributed by atoms with Crippen LogP contribution in [0.5, 0.6) is 5.75 Å². The number of nitrogens with one attached hydrogen (secondary N) is 1. The van der Waals surface area contributed by atoms with E-state index >= 15 is 0 Å². The van der Waals surface area contributed by atoms with Gasteiger partial charge in [0.2, 0.25) is 0 Å². The monoisotopic (exact) mass is 252 g/mol. The van der Waals surface area contributed by atoms with E-state index in [0.717, 1.165) is 0 Å². The lowest BCUT2D eigenvalue weighted by atomic mass is 10.3. The zero-order valence-electron chi connectivity index (χ0n) is 10.8. The molecule has 0 unspecified atom stereocenters. The molecule has 1 amide bonds. The maximum absolute atomic E-state index is 11.4. The molecule has 0 radical (unpaired) electrons. The normalized spacial score (nSPS) is 10.4. The molecule has 0 heterocycles. The third-order valence-electron chi connectivity index (χ3n) is 2.10. The summed E-state index contributed by atoms with van der Waals surface area (Å²) in [6, 6.07) is 6.97. The lowest BCUT2D eigenvalue weighted by Crippen LogP contribution is -2.32. The molecule has 18 heavy (non-hydrogen) atoms. The molecule has 5 heteroatoms. The predicted molar refractivity (Wildman–Crippen MR) is 70.4 cm³/mol. The summed E-state index contributed by atoms with van der Waals surface area (Å²) in [6.07, 6.45) is 0.172. The number of carbonyl (C=O) groups is 1. The molecule has 0 spiro atoms. The van der Waals surface area contributed by atoms with Crippen LogP contribution in [-0.4, -0.2) is 31.8 Å². The van der Waals surface area contributed by atoms with Gasteiger partial charge in [0, 0.05) is 18.3 Å². The van der Waals surface area contributed by atoms with Gasteiger partial charge in [0.05, 0.1) is 12.7 Å². The van der Waals surface area contributed by atoms with E-state index in [1.54, 1.807) is 24.3 Å². The van der Waals surface area contributed by atoms with Crippen LogP contribution in [0.15, 0.2) is 24.3 Å². The van der Waals surface area contributed by atoms with Crippen LogP contribution in [0.4, 0.5) is 5.69 Å². The second-order valence-electron chi connectivity index (χ2n) is 4.13. The Hall–Kier alpha value is -1.75. The molecule has 0 aliphatic rings. The number of benzene rings is 1. The lowest BCUT2D eigenvalue weighted by Gasteiger charge is -2.09. The van der Waals surface area contributed by atoms with Crippen molar-refractivity contribution in [3.05, 3.63) is 24.3 Å². The van der Waals surface area contributed by atoms with Gasteiger partial charge in [-0.2, -0.15) is 0 Å². The first-order chi connectivity index (χ1) is 8.58. The van der Waals surface area contributed by atoms with Crippen LogP contribution in [0, 0.1) is 0 Å². The molecular weight excluding hydrogens is 232 g/mol. The van der Waals surface area contributed by atoms with E-state index in [1.165, 1.54) is 0 Å². The van der Waals surface area contributed by atoms with Crippen LogP contribution < -0.4 is 15.8 Å². The number of hydrogen-bond acceptors (Lipinski definition) is 4. The Morgan fingerprint density at radius 2 is 2.22 bits per heavy atom. The molecular formula is C13H20N2O3. The van der Waals surface area contributed by atoms with E-state index in [2.05, 4.69) is 5.32 Å². The number of amides is 1. The topological polar surface area (TPSA) is 73.6 Å². The van der Waals surface area contributed by atoms with Crippen molar-refractivity contribution in [2.24, 2.45) is 0 Å². The molecule has 0 aliphatic carbocycles. The van der Waals surface area contributed by atoms with E-state index in [0.29, 0.717) is 24.6 Å². The molecule has 0 saturated carbocycles. The fourth-order valence-corrected chi connectivity index (χ4v) is 1.29.